The Balaban J connectivity index is 1.61. The molecule has 26 heavy (non-hydrogen) atoms. The summed E-state index contributed by atoms with van der Waals surface area (Å²) in [4.78, 5) is 1.11. The van der Waals surface area contributed by atoms with E-state index in [1.54, 1.807) is 17.4 Å². The Morgan fingerprint density at radius 2 is 1.92 bits per heavy atom. The van der Waals surface area contributed by atoms with Crippen LogP contribution in [0.15, 0.2) is 65.1 Å². The molecule has 0 bridgehead atoms. The summed E-state index contributed by atoms with van der Waals surface area (Å²) in [7, 11) is 0. The molecule has 2 aromatic carbocycles. The molecule has 3 nitrogen and oxygen atoms in total. The number of halogens is 2. The third-order valence-electron chi connectivity index (χ3n) is 4.73. The number of para-hydroxylation sites is 1. The number of nitrogens with zero attached hydrogens (tertiary/aromatic N) is 2. The zero-order chi connectivity index (χ0) is 17.7. The smallest absolute Gasteiger partial charge is 0.213 e. The number of hydrogen-bond acceptors (Lipinski definition) is 4. The Bertz CT molecular complexity index is 1000. The Morgan fingerprint density at radius 1 is 1.04 bits per heavy atom. The highest BCUT2D eigenvalue weighted by atomic mass is 32.1. The molecule has 2 atom stereocenters. The van der Waals surface area contributed by atoms with Gasteiger partial charge in [0.2, 0.25) is 6.23 Å². The van der Waals surface area contributed by atoms with Gasteiger partial charge in [0.15, 0.2) is 11.6 Å². The molecule has 6 heteroatoms. The third-order valence-corrected chi connectivity index (χ3v) is 5.65. The van der Waals surface area contributed by atoms with Crippen LogP contribution >= 0.6 is 11.3 Å². The van der Waals surface area contributed by atoms with E-state index in [2.05, 4.69) is 0 Å². The van der Waals surface area contributed by atoms with Crippen LogP contribution in [0.1, 0.15) is 34.7 Å². The Hall–Kier alpha value is -2.73. The van der Waals surface area contributed by atoms with Crippen molar-refractivity contribution < 1.29 is 13.5 Å². The fourth-order valence-electron chi connectivity index (χ4n) is 3.51. The van der Waals surface area contributed by atoms with Crippen LogP contribution in [0.25, 0.3) is 0 Å². The second kappa shape index (κ2) is 5.92. The van der Waals surface area contributed by atoms with Gasteiger partial charge in [0.05, 0.1) is 16.6 Å². The second-order valence-corrected chi connectivity index (χ2v) is 7.25. The van der Waals surface area contributed by atoms with E-state index in [0.717, 1.165) is 34.4 Å². The molecule has 0 fully saturated rings. The number of rotatable bonds is 2. The van der Waals surface area contributed by atoms with E-state index in [1.807, 2.05) is 46.8 Å². The zero-order valence-corrected chi connectivity index (χ0v) is 14.4. The minimum Gasteiger partial charge on any atom is -0.464 e. The van der Waals surface area contributed by atoms with Gasteiger partial charge in [-0.25, -0.2) is 13.8 Å². The lowest BCUT2D eigenvalue weighted by Crippen LogP contribution is -2.33. The fourth-order valence-corrected chi connectivity index (χ4v) is 4.23. The SMILES string of the molecule is Fc1ccc([C@H]2Oc3ccccc3[C@H]3CC(c4cccs4)=NN32)cc1F. The van der Waals surface area contributed by atoms with E-state index in [9.17, 15) is 8.78 Å². The molecule has 3 heterocycles. The maximum absolute atomic E-state index is 13.8. The molecule has 1 aromatic heterocycles. The summed E-state index contributed by atoms with van der Waals surface area (Å²) in [6.45, 7) is 0. The highest BCUT2D eigenvalue weighted by Crippen LogP contribution is 2.47. The van der Waals surface area contributed by atoms with E-state index >= 15 is 0 Å². The lowest BCUT2D eigenvalue weighted by Gasteiger charge is -2.38. The van der Waals surface area contributed by atoms with Gasteiger partial charge < -0.3 is 4.74 Å². The van der Waals surface area contributed by atoms with E-state index in [4.69, 9.17) is 9.84 Å². The van der Waals surface area contributed by atoms with E-state index in [-0.39, 0.29) is 6.04 Å². The van der Waals surface area contributed by atoms with Crippen LogP contribution in [0.2, 0.25) is 0 Å². The first kappa shape index (κ1) is 15.5. The van der Waals surface area contributed by atoms with Crippen LogP contribution in [0.5, 0.6) is 5.75 Å². The van der Waals surface area contributed by atoms with E-state index < -0.39 is 17.9 Å². The van der Waals surface area contributed by atoms with Gasteiger partial charge in [0.25, 0.3) is 0 Å². The molecule has 2 aliphatic rings. The summed E-state index contributed by atoms with van der Waals surface area (Å²) in [5.74, 6) is -1.00. The molecule has 0 radical (unpaired) electrons. The molecule has 0 amide bonds. The molecular weight excluding hydrogens is 354 g/mol. The van der Waals surface area contributed by atoms with Crippen LogP contribution < -0.4 is 4.74 Å². The average Bonchev–Trinajstić information content (AvgIpc) is 3.33. The lowest BCUT2D eigenvalue weighted by molar-refractivity contribution is -0.0192. The number of benzene rings is 2. The lowest BCUT2D eigenvalue weighted by atomic mass is 9.98. The predicted molar refractivity (Wildman–Crippen MR) is 96.2 cm³/mol. The Morgan fingerprint density at radius 3 is 2.73 bits per heavy atom. The number of ether oxygens (including phenoxy) is 1. The van der Waals surface area contributed by atoms with Crippen molar-refractivity contribution in [3.63, 3.8) is 0 Å². The van der Waals surface area contributed by atoms with Crippen molar-refractivity contribution in [2.24, 2.45) is 5.10 Å². The predicted octanol–water partition coefficient (Wildman–Crippen LogP) is 5.27. The van der Waals surface area contributed by atoms with Gasteiger partial charge >= 0.3 is 0 Å². The van der Waals surface area contributed by atoms with Gasteiger partial charge in [-0.15, -0.1) is 11.3 Å². The minimum atomic E-state index is -0.886. The molecule has 3 aromatic rings. The molecule has 0 spiro atoms. The number of fused-ring (bicyclic) bond motifs is 3. The third kappa shape index (κ3) is 2.41. The Labute approximate surface area is 153 Å². The average molecular weight is 368 g/mol. The van der Waals surface area contributed by atoms with Crippen LogP contribution in [-0.4, -0.2) is 10.7 Å². The molecule has 130 valence electrons. The first-order valence-electron chi connectivity index (χ1n) is 8.31. The van der Waals surface area contributed by atoms with E-state index in [1.165, 1.54) is 6.07 Å². The van der Waals surface area contributed by atoms with Crippen molar-refractivity contribution in [3.8, 4) is 5.75 Å². The van der Waals surface area contributed by atoms with Crippen molar-refractivity contribution in [1.82, 2.24) is 5.01 Å². The van der Waals surface area contributed by atoms with Gasteiger partial charge in [0, 0.05) is 17.5 Å². The standard InChI is InChI=1S/C20H14F2N2OS/c21-14-8-7-12(10-15(14)22)20-24-17(13-4-1-2-5-18(13)25-20)11-16(23-24)19-6-3-9-26-19/h1-10,17,20H,11H2/t17-,20-/m1/s1. The molecule has 0 aliphatic carbocycles. The van der Waals surface area contributed by atoms with Crippen LogP contribution in [0.3, 0.4) is 0 Å². The maximum atomic E-state index is 13.8. The fraction of sp³-hybridized carbons (Fsp3) is 0.150. The van der Waals surface area contributed by atoms with Gasteiger partial charge in [-0.3, -0.25) is 0 Å². The molecule has 5 rings (SSSR count). The zero-order valence-electron chi connectivity index (χ0n) is 13.6. The van der Waals surface area contributed by atoms with Gasteiger partial charge in [0.1, 0.15) is 5.75 Å². The summed E-state index contributed by atoms with van der Waals surface area (Å²) < 4.78 is 33.3. The van der Waals surface area contributed by atoms with Crippen molar-refractivity contribution in [1.29, 1.82) is 0 Å². The monoisotopic (exact) mass is 368 g/mol. The van der Waals surface area contributed by atoms with Crippen LogP contribution in [0, 0.1) is 11.6 Å². The molecule has 0 unspecified atom stereocenters. The first-order valence-corrected chi connectivity index (χ1v) is 9.19. The number of hydrazone groups is 1. The summed E-state index contributed by atoms with van der Waals surface area (Å²) in [5, 5.41) is 8.67. The molecule has 2 aliphatic heterocycles. The molecule has 0 saturated carbocycles. The van der Waals surface area contributed by atoms with Gasteiger partial charge in [-0.05, 0) is 29.6 Å². The maximum Gasteiger partial charge on any atom is 0.213 e. The summed E-state index contributed by atoms with van der Waals surface area (Å²) in [5.41, 5.74) is 2.58. The summed E-state index contributed by atoms with van der Waals surface area (Å²) in [6.07, 6.45) is 0.156. The van der Waals surface area contributed by atoms with Crippen molar-refractivity contribution >= 4 is 17.0 Å². The van der Waals surface area contributed by atoms with Crippen molar-refractivity contribution in [2.45, 2.75) is 18.7 Å². The molecule has 0 N–H and O–H groups in total. The van der Waals surface area contributed by atoms with Gasteiger partial charge in [-0.1, -0.05) is 30.3 Å². The second-order valence-electron chi connectivity index (χ2n) is 6.31. The summed E-state index contributed by atoms with van der Waals surface area (Å²) in [6, 6.07) is 15.7. The highest BCUT2D eigenvalue weighted by Gasteiger charge is 2.41. The first-order chi connectivity index (χ1) is 12.7. The molecule has 0 saturated heterocycles. The normalized spacial score (nSPS) is 21.0. The number of thiophene rings is 1. The van der Waals surface area contributed by atoms with Crippen molar-refractivity contribution in [3.05, 3.63) is 87.6 Å². The largest absolute Gasteiger partial charge is 0.464 e. The summed E-state index contributed by atoms with van der Waals surface area (Å²) >= 11 is 1.64. The molecular formula is C20H14F2N2OS. The van der Waals surface area contributed by atoms with E-state index in [0.29, 0.717) is 5.56 Å². The topological polar surface area (TPSA) is 24.8 Å². The highest BCUT2D eigenvalue weighted by molar-refractivity contribution is 7.12. The number of hydrogen-bond donors (Lipinski definition) is 0. The van der Waals surface area contributed by atoms with Crippen LogP contribution in [0.4, 0.5) is 8.78 Å². The van der Waals surface area contributed by atoms with Gasteiger partial charge in [-0.2, -0.15) is 5.10 Å². The van der Waals surface area contributed by atoms with Crippen LogP contribution in [-0.2, 0) is 0 Å². The quantitative estimate of drug-likeness (QED) is 0.616. The van der Waals surface area contributed by atoms with Crippen molar-refractivity contribution in [2.75, 3.05) is 0 Å². The Kier molecular flexibility index (Phi) is 3.53. The minimum absolute atomic E-state index is 0.00941.